The minimum Gasteiger partial charge on any atom is -0.337 e. The molecule has 0 aliphatic rings. The van der Waals surface area contributed by atoms with E-state index in [0.717, 1.165) is 24.7 Å². The normalized spacial score (nSPS) is 11.6. The molecule has 1 N–H and O–H groups in total. The second kappa shape index (κ2) is 5.91. The SMILES string of the molecule is CC(C)CCn1cnc(CNC(C)C)c1. The Labute approximate surface area is 92.9 Å². The number of aromatic nitrogens is 2. The monoisotopic (exact) mass is 209 g/mol. The Bertz CT molecular complexity index is 250. The van der Waals surface area contributed by atoms with E-state index < -0.39 is 0 Å². The number of aryl methyl sites for hydroxylation is 1. The number of hydrogen-bond donors (Lipinski definition) is 1. The summed E-state index contributed by atoms with van der Waals surface area (Å²) in [5.74, 6) is 0.754. The van der Waals surface area contributed by atoms with Crippen molar-refractivity contribution in [1.82, 2.24) is 14.9 Å². The number of rotatable bonds is 6. The van der Waals surface area contributed by atoms with Crippen molar-refractivity contribution in [1.29, 1.82) is 0 Å². The first-order valence-electron chi connectivity index (χ1n) is 5.82. The molecule has 1 rings (SSSR count). The van der Waals surface area contributed by atoms with Crippen molar-refractivity contribution in [3.05, 3.63) is 18.2 Å². The van der Waals surface area contributed by atoms with Gasteiger partial charge in [0.15, 0.2) is 0 Å². The summed E-state index contributed by atoms with van der Waals surface area (Å²) >= 11 is 0. The molecular formula is C12H23N3. The van der Waals surface area contributed by atoms with Gasteiger partial charge in [0.25, 0.3) is 0 Å². The molecule has 0 aliphatic heterocycles. The van der Waals surface area contributed by atoms with Crippen molar-refractivity contribution in [3.8, 4) is 0 Å². The molecule has 3 heteroatoms. The molecule has 0 unspecified atom stereocenters. The Kier molecular flexibility index (Phi) is 4.82. The molecule has 0 radical (unpaired) electrons. The lowest BCUT2D eigenvalue weighted by Crippen LogP contribution is -2.21. The van der Waals surface area contributed by atoms with Gasteiger partial charge < -0.3 is 9.88 Å². The minimum atomic E-state index is 0.519. The number of nitrogens with zero attached hydrogens (tertiary/aromatic N) is 2. The van der Waals surface area contributed by atoms with Crippen molar-refractivity contribution in [3.63, 3.8) is 0 Å². The highest BCUT2D eigenvalue weighted by Gasteiger charge is 2.00. The fourth-order valence-corrected chi connectivity index (χ4v) is 1.34. The third-order valence-corrected chi connectivity index (χ3v) is 2.34. The zero-order valence-corrected chi connectivity index (χ0v) is 10.3. The van der Waals surface area contributed by atoms with Crippen LogP contribution in [-0.4, -0.2) is 15.6 Å². The van der Waals surface area contributed by atoms with Gasteiger partial charge in [-0.25, -0.2) is 4.98 Å². The van der Waals surface area contributed by atoms with Crippen molar-refractivity contribution < 1.29 is 0 Å². The van der Waals surface area contributed by atoms with Gasteiger partial charge in [0, 0.05) is 25.3 Å². The van der Waals surface area contributed by atoms with Crippen LogP contribution < -0.4 is 5.32 Å². The van der Waals surface area contributed by atoms with E-state index in [1.807, 2.05) is 6.33 Å². The largest absolute Gasteiger partial charge is 0.337 e. The predicted molar refractivity (Wildman–Crippen MR) is 63.7 cm³/mol. The molecule has 15 heavy (non-hydrogen) atoms. The predicted octanol–water partition coefficient (Wildman–Crippen LogP) is 2.43. The van der Waals surface area contributed by atoms with Crippen LogP contribution in [0.1, 0.15) is 39.8 Å². The van der Waals surface area contributed by atoms with Gasteiger partial charge in [-0.05, 0) is 12.3 Å². The summed E-state index contributed by atoms with van der Waals surface area (Å²) in [6.45, 7) is 10.7. The lowest BCUT2D eigenvalue weighted by molar-refractivity contribution is 0.515. The van der Waals surface area contributed by atoms with E-state index in [-0.39, 0.29) is 0 Å². The van der Waals surface area contributed by atoms with E-state index in [1.54, 1.807) is 0 Å². The van der Waals surface area contributed by atoms with Gasteiger partial charge in [0.05, 0.1) is 12.0 Å². The lowest BCUT2D eigenvalue weighted by atomic mass is 10.1. The minimum absolute atomic E-state index is 0.519. The van der Waals surface area contributed by atoms with Crippen molar-refractivity contribution >= 4 is 0 Å². The van der Waals surface area contributed by atoms with E-state index >= 15 is 0 Å². The third-order valence-electron chi connectivity index (χ3n) is 2.34. The number of imidazole rings is 1. The molecule has 3 nitrogen and oxygen atoms in total. The fourth-order valence-electron chi connectivity index (χ4n) is 1.34. The average molecular weight is 209 g/mol. The molecule has 1 heterocycles. The molecule has 0 amide bonds. The van der Waals surface area contributed by atoms with Crippen LogP contribution in [0.25, 0.3) is 0 Å². The Morgan fingerprint density at radius 1 is 1.33 bits per heavy atom. The molecule has 0 fully saturated rings. The van der Waals surface area contributed by atoms with Gasteiger partial charge in [0.2, 0.25) is 0 Å². The molecule has 0 aromatic carbocycles. The molecular weight excluding hydrogens is 186 g/mol. The fraction of sp³-hybridized carbons (Fsp3) is 0.750. The van der Waals surface area contributed by atoms with E-state index in [9.17, 15) is 0 Å². The number of nitrogens with one attached hydrogen (secondary N) is 1. The van der Waals surface area contributed by atoms with Gasteiger partial charge in [0.1, 0.15) is 0 Å². The highest BCUT2D eigenvalue weighted by Crippen LogP contribution is 2.04. The summed E-state index contributed by atoms with van der Waals surface area (Å²) in [6.07, 6.45) is 5.28. The first-order valence-corrected chi connectivity index (χ1v) is 5.82. The third kappa shape index (κ3) is 4.98. The van der Waals surface area contributed by atoms with Crippen LogP contribution in [-0.2, 0) is 13.1 Å². The Morgan fingerprint density at radius 3 is 2.67 bits per heavy atom. The van der Waals surface area contributed by atoms with E-state index in [1.165, 1.54) is 6.42 Å². The molecule has 0 saturated carbocycles. The van der Waals surface area contributed by atoms with Crippen LogP contribution in [0.2, 0.25) is 0 Å². The molecule has 0 atom stereocenters. The van der Waals surface area contributed by atoms with E-state index in [4.69, 9.17) is 0 Å². The highest BCUT2D eigenvalue weighted by molar-refractivity contribution is 4.96. The van der Waals surface area contributed by atoms with Crippen LogP contribution in [0, 0.1) is 5.92 Å². The lowest BCUT2D eigenvalue weighted by Gasteiger charge is -2.05. The van der Waals surface area contributed by atoms with Gasteiger partial charge in [-0.3, -0.25) is 0 Å². The maximum absolute atomic E-state index is 4.37. The average Bonchev–Trinajstić information content (AvgIpc) is 2.59. The quantitative estimate of drug-likeness (QED) is 0.780. The van der Waals surface area contributed by atoms with Crippen LogP contribution in [0.3, 0.4) is 0 Å². The first-order chi connectivity index (χ1) is 7.08. The smallest absolute Gasteiger partial charge is 0.0949 e. The molecule has 0 bridgehead atoms. The molecule has 0 spiro atoms. The van der Waals surface area contributed by atoms with Crippen molar-refractivity contribution in [2.75, 3.05) is 0 Å². The van der Waals surface area contributed by atoms with Crippen molar-refractivity contribution in [2.24, 2.45) is 5.92 Å². The van der Waals surface area contributed by atoms with Gasteiger partial charge in [-0.15, -0.1) is 0 Å². The van der Waals surface area contributed by atoms with Crippen LogP contribution in [0.4, 0.5) is 0 Å². The Morgan fingerprint density at radius 2 is 2.07 bits per heavy atom. The molecule has 0 saturated heterocycles. The topological polar surface area (TPSA) is 29.9 Å². The summed E-state index contributed by atoms with van der Waals surface area (Å²) in [7, 11) is 0. The molecule has 0 aliphatic carbocycles. The summed E-state index contributed by atoms with van der Waals surface area (Å²) in [4.78, 5) is 4.37. The maximum Gasteiger partial charge on any atom is 0.0949 e. The zero-order valence-electron chi connectivity index (χ0n) is 10.3. The molecule has 1 aromatic rings. The summed E-state index contributed by atoms with van der Waals surface area (Å²) in [6, 6.07) is 0.519. The summed E-state index contributed by atoms with van der Waals surface area (Å²) in [5.41, 5.74) is 1.13. The highest BCUT2D eigenvalue weighted by atomic mass is 15.0. The van der Waals surface area contributed by atoms with Crippen LogP contribution >= 0.6 is 0 Å². The standard InChI is InChI=1S/C12H23N3/c1-10(2)5-6-15-8-12(14-9-15)7-13-11(3)4/h8-11,13H,5-7H2,1-4H3. The van der Waals surface area contributed by atoms with Crippen molar-refractivity contribution in [2.45, 2.75) is 53.2 Å². The summed E-state index contributed by atoms with van der Waals surface area (Å²) in [5, 5.41) is 3.36. The second-order valence-electron chi connectivity index (χ2n) is 4.82. The molecule has 1 aromatic heterocycles. The maximum atomic E-state index is 4.37. The molecule has 86 valence electrons. The zero-order chi connectivity index (χ0) is 11.3. The Hall–Kier alpha value is -0.830. The summed E-state index contributed by atoms with van der Waals surface area (Å²) < 4.78 is 2.18. The van der Waals surface area contributed by atoms with E-state index in [0.29, 0.717) is 6.04 Å². The van der Waals surface area contributed by atoms with Crippen LogP contribution in [0.15, 0.2) is 12.5 Å². The van der Waals surface area contributed by atoms with Gasteiger partial charge in [-0.2, -0.15) is 0 Å². The second-order valence-corrected chi connectivity index (χ2v) is 4.82. The first kappa shape index (κ1) is 12.2. The van der Waals surface area contributed by atoms with Crippen LogP contribution in [0.5, 0.6) is 0 Å². The van der Waals surface area contributed by atoms with Gasteiger partial charge >= 0.3 is 0 Å². The van der Waals surface area contributed by atoms with Gasteiger partial charge in [-0.1, -0.05) is 27.7 Å². The Balaban J connectivity index is 2.35. The van der Waals surface area contributed by atoms with E-state index in [2.05, 4.69) is 48.8 Å². The number of hydrogen-bond acceptors (Lipinski definition) is 2.